The lowest BCUT2D eigenvalue weighted by Gasteiger charge is -2.16. The molecule has 0 unspecified atom stereocenters. The van der Waals surface area contributed by atoms with Gasteiger partial charge in [-0.15, -0.1) is 0 Å². The minimum Gasteiger partial charge on any atom is -0.349 e. The van der Waals surface area contributed by atoms with E-state index in [4.69, 9.17) is 15.6 Å². The summed E-state index contributed by atoms with van der Waals surface area (Å²) in [5.41, 5.74) is 0.0764. The van der Waals surface area contributed by atoms with Crippen molar-refractivity contribution in [2.24, 2.45) is 0 Å². The fraction of sp³-hybridized carbons (Fsp3) is 0.222. The van der Waals surface area contributed by atoms with Gasteiger partial charge in [-0.3, -0.25) is 10.1 Å². The number of nitrogens with one attached hydrogen (secondary N) is 2. The van der Waals surface area contributed by atoms with Crippen molar-refractivity contribution in [2.75, 3.05) is 0 Å². The average molecular weight is 225 g/mol. The number of aliphatic hydroxyl groups is 2. The molecule has 86 valence electrons. The summed E-state index contributed by atoms with van der Waals surface area (Å²) in [6.45, 7) is 1.09. The molecule has 0 aromatic carbocycles. The number of hydrogen-bond donors (Lipinski definition) is 4. The van der Waals surface area contributed by atoms with Crippen LogP contribution in [0.3, 0.4) is 0 Å². The Labute approximate surface area is 91.1 Å². The minimum absolute atomic E-state index is 0.0438. The lowest BCUT2D eigenvalue weighted by Crippen LogP contribution is -2.38. The highest BCUT2D eigenvalue weighted by atomic mass is 16.6. The molecule has 0 aromatic heterocycles. The monoisotopic (exact) mass is 225 g/mol. The van der Waals surface area contributed by atoms with E-state index in [0.29, 0.717) is 0 Å². The fourth-order valence-corrected chi connectivity index (χ4v) is 0.998. The van der Waals surface area contributed by atoms with Gasteiger partial charge in [-0.25, -0.2) is 0 Å². The Morgan fingerprint density at radius 1 is 1.56 bits per heavy atom. The van der Waals surface area contributed by atoms with Crippen LogP contribution in [0.4, 0.5) is 0 Å². The van der Waals surface area contributed by atoms with Crippen LogP contribution in [-0.4, -0.2) is 26.8 Å². The first kappa shape index (κ1) is 12.1. The third-order valence-corrected chi connectivity index (χ3v) is 1.75. The summed E-state index contributed by atoms with van der Waals surface area (Å²) in [5.74, 6) is -2.13. The summed E-state index contributed by atoms with van der Waals surface area (Å²) in [7, 11) is 0. The summed E-state index contributed by atoms with van der Waals surface area (Å²) < 4.78 is 0. The molecule has 1 aliphatic rings. The molecule has 1 rings (SSSR count). The second-order valence-corrected chi connectivity index (χ2v) is 3.34. The molecule has 0 saturated carbocycles. The van der Waals surface area contributed by atoms with Crippen LogP contribution in [0, 0.1) is 15.5 Å². The van der Waals surface area contributed by atoms with E-state index < -0.39 is 10.8 Å². The average Bonchev–Trinajstić information content (AvgIpc) is 2.14. The maximum absolute atomic E-state index is 10.5. The summed E-state index contributed by atoms with van der Waals surface area (Å²) in [6, 6.07) is 0. The molecule has 0 saturated heterocycles. The molecular formula is C9H11N3O4. The fourth-order valence-electron chi connectivity index (χ4n) is 0.998. The zero-order valence-corrected chi connectivity index (χ0v) is 8.47. The molecule has 4 N–H and O–H groups in total. The lowest BCUT2D eigenvalue weighted by atomic mass is 10.1. The zero-order valence-electron chi connectivity index (χ0n) is 8.47. The molecule has 0 radical (unpaired) electrons. The van der Waals surface area contributed by atoms with Gasteiger partial charge < -0.3 is 20.9 Å². The first-order valence-electron chi connectivity index (χ1n) is 4.35. The summed E-state index contributed by atoms with van der Waals surface area (Å²) in [4.78, 5) is 9.89. The summed E-state index contributed by atoms with van der Waals surface area (Å²) in [5, 5.41) is 38.1. The predicted molar refractivity (Wildman–Crippen MR) is 56.0 cm³/mol. The number of allylic oxidation sites excluding steroid dienone is 4. The van der Waals surface area contributed by atoms with Gasteiger partial charge in [0.25, 0.3) is 5.70 Å². The number of nitrogens with zero attached hydrogens (tertiary/aromatic N) is 1. The van der Waals surface area contributed by atoms with Crippen LogP contribution in [0.5, 0.6) is 0 Å². The molecule has 7 nitrogen and oxygen atoms in total. The molecule has 0 aliphatic heterocycles. The summed E-state index contributed by atoms with van der Waals surface area (Å²) in [6.07, 6.45) is 4.77. The SMILES string of the molecule is CC(O)(O)N/C=C1/C=C([N+](=O)[O-])C=CC1=N. The number of nitro groups is 1. The Bertz CT molecular complexity index is 415. The van der Waals surface area contributed by atoms with Gasteiger partial charge in [0, 0.05) is 30.8 Å². The molecule has 0 heterocycles. The van der Waals surface area contributed by atoms with Crippen molar-refractivity contribution in [2.45, 2.75) is 12.8 Å². The molecule has 0 atom stereocenters. The highest BCUT2D eigenvalue weighted by molar-refractivity contribution is 6.09. The molecule has 0 bridgehead atoms. The first-order chi connectivity index (χ1) is 7.29. The van der Waals surface area contributed by atoms with Crippen LogP contribution in [0.1, 0.15) is 6.92 Å². The molecule has 0 fully saturated rings. The second kappa shape index (κ2) is 4.25. The van der Waals surface area contributed by atoms with Gasteiger partial charge in [0.05, 0.1) is 10.6 Å². The quantitative estimate of drug-likeness (QED) is 0.303. The Hall–Kier alpha value is -1.99. The van der Waals surface area contributed by atoms with E-state index >= 15 is 0 Å². The second-order valence-electron chi connectivity index (χ2n) is 3.34. The van der Waals surface area contributed by atoms with Crippen molar-refractivity contribution in [3.8, 4) is 0 Å². The smallest absolute Gasteiger partial charge is 0.270 e. The lowest BCUT2D eigenvalue weighted by molar-refractivity contribution is -0.419. The van der Waals surface area contributed by atoms with Gasteiger partial charge in [-0.05, 0) is 6.08 Å². The third-order valence-electron chi connectivity index (χ3n) is 1.75. The Morgan fingerprint density at radius 3 is 2.69 bits per heavy atom. The maximum atomic E-state index is 10.5. The van der Waals surface area contributed by atoms with Crippen molar-refractivity contribution in [3.05, 3.63) is 45.8 Å². The van der Waals surface area contributed by atoms with Crippen molar-refractivity contribution >= 4 is 5.71 Å². The van der Waals surface area contributed by atoms with E-state index in [1.807, 2.05) is 0 Å². The predicted octanol–water partition coefficient (Wildman–Crippen LogP) is -0.132. The van der Waals surface area contributed by atoms with E-state index in [1.54, 1.807) is 0 Å². The van der Waals surface area contributed by atoms with Crippen LogP contribution in [0.25, 0.3) is 0 Å². The van der Waals surface area contributed by atoms with Crippen LogP contribution >= 0.6 is 0 Å². The van der Waals surface area contributed by atoms with Crippen LogP contribution in [0.15, 0.2) is 35.7 Å². The molecule has 16 heavy (non-hydrogen) atoms. The van der Waals surface area contributed by atoms with Gasteiger partial charge >= 0.3 is 0 Å². The van der Waals surface area contributed by atoms with Gasteiger partial charge in [0.1, 0.15) is 0 Å². The Morgan fingerprint density at radius 2 is 2.19 bits per heavy atom. The molecule has 0 amide bonds. The van der Waals surface area contributed by atoms with Gasteiger partial charge in [0.2, 0.25) is 5.91 Å². The minimum atomic E-state index is -2.13. The van der Waals surface area contributed by atoms with Crippen molar-refractivity contribution < 1.29 is 15.1 Å². The van der Waals surface area contributed by atoms with Crippen molar-refractivity contribution in [3.63, 3.8) is 0 Å². The number of hydrogen-bond acceptors (Lipinski definition) is 6. The molecule has 0 aromatic rings. The largest absolute Gasteiger partial charge is 0.349 e. The van der Waals surface area contributed by atoms with Crippen molar-refractivity contribution in [1.82, 2.24) is 5.32 Å². The number of rotatable bonds is 3. The van der Waals surface area contributed by atoms with Crippen LogP contribution < -0.4 is 5.32 Å². The Balaban J connectivity index is 2.92. The topological polar surface area (TPSA) is 119 Å². The Kier molecular flexibility index (Phi) is 3.21. The van der Waals surface area contributed by atoms with Crippen LogP contribution in [0.2, 0.25) is 0 Å². The highest BCUT2D eigenvalue weighted by Gasteiger charge is 2.17. The third kappa shape index (κ3) is 3.30. The highest BCUT2D eigenvalue weighted by Crippen LogP contribution is 2.13. The zero-order chi connectivity index (χ0) is 12.3. The van der Waals surface area contributed by atoms with Gasteiger partial charge in [-0.2, -0.15) is 0 Å². The normalized spacial score (nSPS) is 18.6. The summed E-state index contributed by atoms with van der Waals surface area (Å²) >= 11 is 0. The van der Waals surface area contributed by atoms with E-state index in [1.165, 1.54) is 18.2 Å². The van der Waals surface area contributed by atoms with E-state index in [9.17, 15) is 10.1 Å². The van der Waals surface area contributed by atoms with Crippen molar-refractivity contribution in [1.29, 1.82) is 5.41 Å². The molecule has 1 aliphatic carbocycles. The standard InChI is InChI=1S/C9H11N3O4/c1-9(13,14)11-5-6-4-7(12(15)16)2-3-8(6)10/h2-5,10-11,13-14H,1H3/b6-5-,10-8?. The van der Waals surface area contributed by atoms with E-state index in [0.717, 1.165) is 13.1 Å². The van der Waals surface area contributed by atoms with Crippen LogP contribution in [-0.2, 0) is 0 Å². The first-order valence-corrected chi connectivity index (χ1v) is 4.35. The van der Waals surface area contributed by atoms with E-state index in [2.05, 4.69) is 5.32 Å². The van der Waals surface area contributed by atoms with E-state index in [-0.39, 0.29) is 17.0 Å². The molecule has 0 spiro atoms. The molecular weight excluding hydrogens is 214 g/mol. The maximum Gasteiger partial charge on any atom is 0.270 e. The van der Waals surface area contributed by atoms with Gasteiger partial charge in [0.15, 0.2) is 0 Å². The molecule has 7 heteroatoms. The van der Waals surface area contributed by atoms with Gasteiger partial charge in [-0.1, -0.05) is 0 Å².